The lowest BCUT2D eigenvalue weighted by molar-refractivity contribution is 1.11. The Labute approximate surface area is 88.0 Å². The number of hydrogen-bond acceptors (Lipinski definition) is 5. The monoisotopic (exact) mass is 203 g/mol. The van der Waals surface area contributed by atoms with Crippen LogP contribution in [0.2, 0.25) is 0 Å². The molecule has 0 spiro atoms. The number of pyridine rings is 1. The minimum atomic E-state index is 0.436. The van der Waals surface area contributed by atoms with E-state index in [9.17, 15) is 0 Å². The fourth-order valence-corrected chi connectivity index (χ4v) is 1.13. The molecule has 0 aliphatic carbocycles. The molecule has 5 N–H and O–H groups in total. The summed E-state index contributed by atoms with van der Waals surface area (Å²) in [4.78, 5) is 4.01. The van der Waals surface area contributed by atoms with Gasteiger partial charge >= 0.3 is 0 Å². The van der Waals surface area contributed by atoms with Crippen LogP contribution in [0.3, 0.4) is 0 Å². The van der Waals surface area contributed by atoms with Crippen molar-refractivity contribution in [3.8, 4) is 0 Å². The molecule has 15 heavy (non-hydrogen) atoms. The number of nitrogen functional groups attached to an aromatic ring is 1. The van der Waals surface area contributed by atoms with E-state index in [-0.39, 0.29) is 0 Å². The molecule has 0 bridgehead atoms. The normalized spacial score (nSPS) is 10.9. The van der Waals surface area contributed by atoms with Crippen molar-refractivity contribution < 1.29 is 0 Å². The van der Waals surface area contributed by atoms with Gasteiger partial charge in [0.05, 0.1) is 5.69 Å². The Bertz CT molecular complexity index is 408. The highest BCUT2D eigenvalue weighted by molar-refractivity contribution is 6.08. The van der Waals surface area contributed by atoms with E-state index in [0.717, 1.165) is 11.8 Å². The number of rotatable bonds is 4. The van der Waals surface area contributed by atoms with Gasteiger partial charge in [-0.05, 0) is 6.07 Å². The predicted molar refractivity (Wildman–Crippen MR) is 62.4 cm³/mol. The molecule has 0 saturated heterocycles. The Morgan fingerprint density at radius 2 is 2.27 bits per heavy atom. The third-order valence-corrected chi connectivity index (χ3v) is 1.87. The summed E-state index contributed by atoms with van der Waals surface area (Å²) in [6.45, 7) is 0. The first-order valence-corrected chi connectivity index (χ1v) is 4.37. The minimum absolute atomic E-state index is 0.436. The van der Waals surface area contributed by atoms with E-state index in [1.165, 1.54) is 6.21 Å². The maximum atomic E-state index is 7.22. The quantitative estimate of drug-likeness (QED) is 0.546. The number of hydrogen-bond donors (Lipinski definition) is 4. The second-order valence-corrected chi connectivity index (χ2v) is 2.88. The highest BCUT2D eigenvalue weighted by Crippen LogP contribution is 2.15. The predicted octanol–water partition coefficient (Wildman–Crippen LogP) is 0.871. The smallest absolute Gasteiger partial charge is 0.103 e. The average molecular weight is 203 g/mol. The summed E-state index contributed by atoms with van der Waals surface area (Å²) in [6.07, 6.45) is 5.60. The van der Waals surface area contributed by atoms with Gasteiger partial charge < -0.3 is 21.9 Å². The molecule has 1 aromatic rings. The standard InChI is InChI=1S/C10H13N5/c1-14-5-8(3-11)7-2-9(13)10(4-12)15-6-7/h2-6,11-12,14H,13H2,1H3/b8-5+,11-3?,12-4?. The fraction of sp³-hybridized carbons (Fsp3) is 0.100. The van der Waals surface area contributed by atoms with Crippen molar-refractivity contribution in [2.45, 2.75) is 0 Å². The summed E-state index contributed by atoms with van der Waals surface area (Å²) < 4.78 is 0. The van der Waals surface area contributed by atoms with Crippen LogP contribution >= 0.6 is 0 Å². The maximum Gasteiger partial charge on any atom is 0.103 e. The highest BCUT2D eigenvalue weighted by Gasteiger charge is 2.02. The van der Waals surface area contributed by atoms with Gasteiger partial charge in [-0.1, -0.05) is 0 Å². The third kappa shape index (κ3) is 2.40. The minimum Gasteiger partial charge on any atom is -0.397 e. The molecule has 0 aliphatic rings. The van der Waals surface area contributed by atoms with Crippen molar-refractivity contribution in [2.75, 3.05) is 12.8 Å². The van der Waals surface area contributed by atoms with Crippen LogP contribution in [0.15, 0.2) is 18.5 Å². The number of nitrogens with zero attached hydrogens (tertiary/aromatic N) is 1. The molecule has 78 valence electrons. The molecule has 1 heterocycles. The van der Waals surface area contributed by atoms with Crippen molar-refractivity contribution in [1.82, 2.24) is 10.3 Å². The first-order valence-electron chi connectivity index (χ1n) is 4.37. The van der Waals surface area contributed by atoms with Crippen molar-refractivity contribution in [3.63, 3.8) is 0 Å². The van der Waals surface area contributed by atoms with Crippen molar-refractivity contribution in [3.05, 3.63) is 29.7 Å². The summed E-state index contributed by atoms with van der Waals surface area (Å²) in [5.41, 5.74) is 8.00. The fourth-order valence-electron chi connectivity index (χ4n) is 1.13. The maximum absolute atomic E-state index is 7.22. The second kappa shape index (κ2) is 4.90. The van der Waals surface area contributed by atoms with Crippen molar-refractivity contribution in [1.29, 1.82) is 10.8 Å². The molecule has 0 fully saturated rings. The SMILES string of the molecule is CN/C=C(\C=N)c1cnc(C=N)c(N)c1. The molecule has 5 heteroatoms. The number of allylic oxidation sites excluding steroid dienone is 1. The second-order valence-electron chi connectivity index (χ2n) is 2.88. The molecule has 0 unspecified atom stereocenters. The summed E-state index contributed by atoms with van der Waals surface area (Å²) in [5, 5.41) is 17.1. The van der Waals surface area contributed by atoms with Crippen LogP contribution in [0, 0.1) is 10.8 Å². The Hall–Kier alpha value is -2.17. The van der Waals surface area contributed by atoms with E-state index in [0.29, 0.717) is 17.0 Å². The van der Waals surface area contributed by atoms with E-state index in [1.54, 1.807) is 25.5 Å². The number of anilines is 1. The first kappa shape index (κ1) is 10.9. The van der Waals surface area contributed by atoms with E-state index in [1.807, 2.05) is 0 Å². The van der Waals surface area contributed by atoms with Crippen LogP contribution in [-0.2, 0) is 0 Å². The van der Waals surface area contributed by atoms with Gasteiger partial charge in [0.1, 0.15) is 5.69 Å². The molecule has 1 aromatic heterocycles. The van der Waals surface area contributed by atoms with Gasteiger partial charge in [-0.2, -0.15) is 0 Å². The zero-order chi connectivity index (χ0) is 11.3. The molecule has 0 aromatic carbocycles. The van der Waals surface area contributed by atoms with Crippen molar-refractivity contribution in [2.24, 2.45) is 0 Å². The Morgan fingerprint density at radius 3 is 2.73 bits per heavy atom. The number of aromatic nitrogens is 1. The van der Waals surface area contributed by atoms with Crippen LogP contribution in [0.5, 0.6) is 0 Å². The molecule has 0 atom stereocenters. The van der Waals surface area contributed by atoms with Crippen molar-refractivity contribution >= 4 is 23.7 Å². The molecular weight excluding hydrogens is 190 g/mol. The Balaban J connectivity index is 3.16. The molecule has 5 nitrogen and oxygen atoms in total. The van der Waals surface area contributed by atoms with Gasteiger partial charge in [0.15, 0.2) is 0 Å². The van der Waals surface area contributed by atoms with E-state index in [4.69, 9.17) is 16.6 Å². The van der Waals surface area contributed by atoms with Gasteiger partial charge in [0.2, 0.25) is 0 Å². The summed E-state index contributed by atoms with van der Waals surface area (Å²) in [5.74, 6) is 0. The van der Waals surface area contributed by atoms with E-state index in [2.05, 4.69) is 10.3 Å². The van der Waals surface area contributed by atoms with Gasteiger partial charge in [0.25, 0.3) is 0 Å². The van der Waals surface area contributed by atoms with E-state index < -0.39 is 0 Å². The van der Waals surface area contributed by atoms with E-state index >= 15 is 0 Å². The Morgan fingerprint density at radius 1 is 1.53 bits per heavy atom. The van der Waals surface area contributed by atoms with Gasteiger partial charge in [-0.15, -0.1) is 0 Å². The average Bonchev–Trinajstić information content (AvgIpc) is 2.25. The zero-order valence-corrected chi connectivity index (χ0v) is 8.41. The lowest BCUT2D eigenvalue weighted by Crippen LogP contribution is -2.01. The summed E-state index contributed by atoms with van der Waals surface area (Å²) in [7, 11) is 1.76. The molecule has 0 radical (unpaired) electrons. The highest BCUT2D eigenvalue weighted by atomic mass is 14.8. The van der Waals surface area contributed by atoms with Crippen LogP contribution in [0.1, 0.15) is 11.3 Å². The molecule has 0 aliphatic heterocycles. The lowest BCUT2D eigenvalue weighted by atomic mass is 10.1. The van der Waals surface area contributed by atoms with Crippen LogP contribution in [0.25, 0.3) is 5.57 Å². The Kier molecular flexibility index (Phi) is 3.56. The summed E-state index contributed by atoms with van der Waals surface area (Å²) in [6, 6.07) is 1.70. The first-order chi connectivity index (χ1) is 7.22. The number of nitrogens with one attached hydrogen (secondary N) is 3. The lowest BCUT2D eigenvalue weighted by Gasteiger charge is -2.04. The van der Waals surface area contributed by atoms with Gasteiger partial charge in [-0.25, -0.2) is 0 Å². The van der Waals surface area contributed by atoms with Gasteiger partial charge in [0, 0.05) is 43.0 Å². The molecule has 0 amide bonds. The largest absolute Gasteiger partial charge is 0.397 e. The topological polar surface area (TPSA) is 98.6 Å². The molecule has 1 rings (SSSR count). The molecular formula is C10H13N5. The zero-order valence-electron chi connectivity index (χ0n) is 8.41. The van der Waals surface area contributed by atoms with Crippen LogP contribution in [0.4, 0.5) is 5.69 Å². The van der Waals surface area contributed by atoms with Gasteiger partial charge in [-0.3, -0.25) is 4.98 Å². The molecule has 0 saturated carbocycles. The third-order valence-electron chi connectivity index (χ3n) is 1.87. The van der Waals surface area contributed by atoms with Crippen LogP contribution in [-0.4, -0.2) is 24.5 Å². The number of nitrogens with two attached hydrogens (primary N) is 1. The summed E-state index contributed by atoms with van der Waals surface area (Å²) >= 11 is 0. The van der Waals surface area contributed by atoms with Crippen LogP contribution < -0.4 is 11.1 Å².